The highest BCUT2D eigenvalue weighted by Crippen LogP contribution is 2.28. The molecule has 1 aromatic carbocycles. The number of halogens is 1. The van der Waals surface area contributed by atoms with Crippen molar-refractivity contribution in [1.29, 1.82) is 0 Å². The standard InChI is InChI=1S/C7H8ClNS/c1-4-2-3-5(8)7(10)6(4)9/h2-3,10H,9H2,1H3. The maximum atomic E-state index is 5.73. The second kappa shape index (κ2) is 2.72. The van der Waals surface area contributed by atoms with Crippen LogP contribution in [0.5, 0.6) is 0 Å². The summed E-state index contributed by atoms with van der Waals surface area (Å²) in [6, 6.07) is 3.66. The van der Waals surface area contributed by atoms with Gasteiger partial charge in [-0.15, -0.1) is 12.6 Å². The van der Waals surface area contributed by atoms with Gasteiger partial charge in [0.05, 0.1) is 5.02 Å². The highest BCUT2D eigenvalue weighted by atomic mass is 35.5. The lowest BCUT2D eigenvalue weighted by atomic mass is 10.2. The number of aryl methyl sites for hydroxylation is 1. The third-order valence-corrected chi connectivity index (χ3v) is 2.31. The number of anilines is 1. The van der Waals surface area contributed by atoms with E-state index in [2.05, 4.69) is 12.6 Å². The van der Waals surface area contributed by atoms with Gasteiger partial charge in [-0.05, 0) is 18.6 Å². The summed E-state index contributed by atoms with van der Waals surface area (Å²) < 4.78 is 0. The van der Waals surface area contributed by atoms with Crippen LogP contribution in [0.25, 0.3) is 0 Å². The van der Waals surface area contributed by atoms with Gasteiger partial charge in [-0.2, -0.15) is 0 Å². The monoisotopic (exact) mass is 173 g/mol. The van der Waals surface area contributed by atoms with Gasteiger partial charge in [0.2, 0.25) is 0 Å². The fourth-order valence-corrected chi connectivity index (χ4v) is 1.10. The highest BCUT2D eigenvalue weighted by molar-refractivity contribution is 7.80. The first-order valence-corrected chi connectivity index (χ1v) is 3.69. The molecule has 0 fully saturated rings. The predicted octanol–water partition coefficient (Wildman–Crippen LogP) is 2.52. The molecule has 10 heavy (non-hydrogen) atoms. The van der Waals surface area contributed by atoms with Crippen molar-refractivity contribution in [3.63, 3.8) is 0 Å². The molecule has 0 aliphatic rings. The summed E-state index contributed by atoms with van der Waals surface area (Å²) in [5.74, 6) is 0. The van der Waals surface area contributed by atoms with Crippen LogP contribution in [-0.2, 0) is 0 Å². The van der Waals surface area contributed by atoms with Gasteiger partial charge in [-0.25, -0.2) is 0 Å². The normalized spacial score (nSPS) is 9.90. The maximum absolute atomic E-state index is 5.73. The molecule has 1 nitrogen and oxygen atoms in total. The van der Waals surface area contributed by atoms with E-state index in [-0.39, 0.29) is 0 Å². The van der Waals surface area contributed by atoms with Crippen molar-refractivity contribution in [3.8, 4) is 0 Å². The Hall–Kier alpha value is -0.340. The molecule has 0 saturated heterocycles. The molecule has 0 atom stereocenters. The largest absolute Gasteiger partial charge is 0.398 e. The van der Waals surface area contributed by atoms with E-state index in [0.29, 0.717) is 15.6 Å². The molecular weight excluding hydrogens is 166 g/mol. The lowest BCUT2D eigenvalue weighted by molar-refractivity contribution is 1.37. The van der Waals surface area contributed by atoms with Crippen molar-refractivity contribution in [2.75, 3.05) is 5.73 Å². The summed E-state index contributed by atoms with van der Waals surface area (Å²) in [4.78, 5) is 0.668. The van der Waals surface area contributed by atoms with Gasteiger partial charge in [0, 0.05) is 10.6 Å². The average molecular weight is 174 g/mol. The molecular formula is C7H8ClNS. The zero-order valence-corrected chi connectivity index (χ0v) is 7.21. The first-order valence-electron chi connectivity index (χ1n) is 2.86. The fourth-order valence-electron chi connectivity index (χ4n) is 0.682. The van der Waals surface area contributed by atoms with E-state index in [4.69, 9.17) is 17.3 Å². The van der Waals surface area contributed by atoms with Crippen LogP contribution in [-0.4, -0.2) is 0 Å². The van der Waals surface area contributed by atoms with E-state index >= 15 is 0 Å². The van der Waals surface area contributed by atoms with Gasteiger partial charge in [0.1, 0.15) is 0 Å². The first kappa shape index (κ1) is 7.76. The predicted molar refractivity (Wildman–Crippen MR) is 47.9 cm³/mol. The number of benzene rings is 1. The van der Waals surface area contributed by atoms with Crippen molar-refractivity contribution in [2.45, 2.75) is 11.8 Å². The van der Waals surface area contributed by atoms with E-state index in [1.54, 1.807) is 6.07 Å². The van der Waals surface area contributed by atoms with Crippen LogP contribution < -0.4 is 5.73 Å². The Kier molecular flexibility index (Phi) is 2.11. The van der Waals surface area contributed by atoms with Crippen LogP contribution in [0.4, 0.5) is 5.69 Å². The minimum atomic E-state index is 0.603. The van der Waals surface area contributed by atoms with Crippen molar-refractivity contribution < 1.29 is 0 Å². The molecule has 1 aromatic rings. The maximum Gasteiger partial charge on any atom is 0.0560 e. The lowest BCUT2D eigenvalue weighted by Crippen LogP contribution is -1.90. The van der Waals surface area contributed by atoms with Crippen molar-refractivity contribution >= 4 is 29.9 Å². The first-order chi connectivity index (χ1) is 4.63. The number of nitrogen functional groups attached to an aromatic ring is 1. The summed E-state index contributed by atoms with van der Waals surface area (Å²) in [6.07, 6.45) is 0. The van der Waals surface area contributed by atoms with E-state index in [0.717, 1.165) is 5.56 Å². The highest BCUT2D eigenvalue weighted by Gasteiger charge is 2.01. The second-order valence-electron chi connectivity index (χ2n) is 2.13. The van der Waals surface area contributed by atoms with Gasteiger partial charge in [-0.1, -0.05) is 17.7 Å². The smallest absolute Gasteiger partial charge is 0.0560 e. The summed E-state index contributed by atoms with van der Waals surface area (Å²) in [5.41, 5.74) is 7.29. The number of hydrogen-bond acceptors (Lipinski definition) is 2. The van der Waals surface area contributed by atoms with Crippen LogP contribution in [0.1, 0.15) is 5.56 Å². The molecule has 0 radical (unpaired) electrons. The quantitative estimate of drug-likeness (QED) is 0.458. The Bertz CT molecular complexity index is 233. The lowest BCUT2D eigenvalue weighted by Gasteiger charge is -2.03. The van der Waals surface area contributed by atoms with Crippen LogP contribution in [0, 0.1) is 6.92 Å². The van der Waals surface area contributed by atoms with Gasteiger partial charge in [-0.3, -0.25) is 0 Å². The third kappa shape index (κ3) is 1.22. The Morgan fingerprint density at radius 2 is 2.10 bits per heavy atom. The van der Waals surface area contributed by atoms with Crippen molar-refractivity contribution in [2.24, 2.45) is 0 Å². The van der Waals surface area contributed by atoms with Gasteiger partial charge < -0.3 is 5.73 Å². The van der Waals surface area contributed by atoms with Gasteiger partial charge >= 0.3 is 0 Å². The van der Waals surface area contributed by atoms with E-state index in [9.17, 15) is 0 Å². The van der Waals surface area contributed by atoms with Crippen LogP contribution in [0.15, 0.2) is 17.0 Å². The van der Waals surface area contributed by atoms with Crippen LogP contribution in [0.3, 0.4) is 0 Å². The van der Waals surface area contributed by atoms with E-state index in [1.807, 2.05) is 13.0 Å². The van der Waals surface area contributed by atoms with Crippen molar-refractivity contribution in [3.05, 3.63) is 22.7 Å². The molecule has 0 aromatic heterocycles. The molecule has 2 N–H and O–H groups in total. The van der Waals surface area contributed by atoms with Crippen molar-refractivity contribution in [1.82, 2.24) is 0 Å². The average Bonchev–Trinajstić information content (AvgIpc) is 1.93. The molecule has 3 heteroatoms. The number of thiol groups is 1. The third-order valence-electron chi connectivity index (χ3n) is 1.39. The zero-order chi connectivity index (χ0) is 7.72. The Morgan fingerprint density at radius 1 is 1.50 bits per heavy atom. The topological polar surface area (TPSA) is 26.0 Å². The Balaban J connectivity index is 3.34. The Morgan fingerprint density at radius 3 is 2.60 bits per heavy atom. The minimum absolute atomic E-state index is 0.603. The molecule has 0 amide bonds. The van der Waals surface area contributed by atoms with Gasteiger partial charge in [0.25, 0.3) is 0 Å². The number of nitrogens with two attached hydrogens (primary N) is 1. The second-order valence-corrected chi connectivity index (χ2v) is 2.98. The van der Waals surface area contributed by atoms with E-state index < -0.39 is 0 Å². The molecule has 54 valence electrons. The van der Waals surface area contributed by atoms with Crippen LogP contribution in [0.2, 0.25) is 5.02 Å². The Labute approximate surface area is 70.6 Å². The number of hydrogen-bond donors (Lipinski definition) is 2. The molecule has 0 saturated carbocycles. The molecule has 1 rings (SSSR count). The number of rotatable bonds is 0. The summed E-state index contributed by atoms with van der Waals surface area (Å²) in [6.45, 7) is 1.92. The summed E-state index contributed by atoms with van der Waals surface area (Å²) >= 11 is 9.85. The molecule has 0 bridgehead atoms. The SMILES string of the molecule is Cc1ccc(Cl)c(S)c1N. The van der Waals surface area contributed by atoms with E-state index in [1.165, 1.54) is 0 Å². The summed E-state index contributed by atoms with van der Waals surface area (Å²) in [5, 5.41) is 0.603. The molecule has 0 spiro atoms. The molecule has 0 aliphatic heterocycles. The summed E-state index contributed by atoms with van der Waals surface area (Å²) in [7, 11) is 0. The molecule has 0 heterocycles. The zero-order valence-electron chi connectivity index (χ0n) is 5.56. The van der Waals surface area contributed by atoms with Gasteiger partial charge in [0.15, 0.2) is 0 Å². The molecule has 0 aliphatic carbocycles. The minimum Gasteiger partial charge on any atom is -0.398 e. The van der Waals surface area contributed by atoms with Crippen LogP contribution >= 0.6 is 24.2 Å². The fraction of sp³-hybridized carbons (Fsp3) is 0.143. The molecule has 0 unspecified atom stereocenters.